The van der Waals surface area contributed by atoms with E-state index in [0.717, 1.165) is 35.4 Å². The SMILES string of the molecule is C[C@H]1c2cc3c(cc2CCN1C(=O)c1ccc(C(F)(F)F)cc1)OCCCO3. The number of hydrogen-bond acceptors (Lipinski definition) is 3. The van der Waals surface area contributed by atoms with Crippen molar-refractivity contribution < 1.29 is 27.4 Å². The summed E-state index contributed by atoms with van der Waals surface area (Å²) in [5.74, 6) is 1.12. The molecular weight excluding hydrogens is 371 g/mol. The van der Waals surface area contributed by atoms with Gasteiger partial charge >= 0.3 is 6.18 Å². The second kappa shape index (κ2) is 7.04. The van der Waals surface area contributed by atoms with Gasteiger partial charge in [-0.25, -0.2) is 0 Å². The smallest absolute Gasteiger partial charge is 0.416 e. The maximum atomic E-state index is 12.9. The molecule has 2 aromatic carbocycles. The highest BCUT2D eigenvalue weighted by Gasteiger charge is 2.32. The molecule has 0 saturated carbocycles. The number of carbonyl (C=O) groups is 1. The molecule has 0 bridgehead atoms. The number of carbonyl (C=O) groups excluding carboxylic acids is 1. The molecule has 0 N–H and O–H groups in total. The first-order valence-corrected chi connectivity index (χ1v) is 9.25. The number of halogens is 3. The average molecular weight is 391 g/mol. The molecule has 0 spiro atoms. The van der Waals surface area contributed by atoms with E-state index in [1.807, 2.05) is 19.1 Å². The minimum absolute atomic E-state index is 0.212. The molecule has 1 atom stereocenters. The summed E-state index contributed by atoms with van der Waals surface area (Å²) in [5, 5.41) is 0. The number of fused-ring (bicyclic) bond motifs is 2. The Morgan fingerprint density at radius 3 is 2.36 bits per heavy atom. The maximum absolute atomic E-state index is 12.9. The first kappa shape index (κ1) is 18.7. The van der Waals surface area contributed by atoms with Crippen LogP contribution in [0.2, 0.25) is 0 Å². The predicted octanol–water partition coefficient (Wildman–Crippen LogP) is 4.63. The summed E-state index contributed by atoms with van der Waals surface area (Å²) >= 11 is 0. The van der Waals surface area contributed by atoms with Crippen LogP contribution in [0.1, 0.15) is 46.4 Å². The number of nitrogens with zero attached hydrogens (tertiary/aromatic N) is 1. The Balaban J connectivity index is 1.59. The third-order valence-electron chi connectivity index (χ3n) is 5.27. The van der Waals surface area contributed by atoms with E-state index < -0.39 is 11.7 Å². The zero-order valence-corrected chi connectivity index (χ0v) is 15.4. The molecule has 0 fully saturated rings. The quantitative estimate of drug-likeness (QED) is 0.712. The monoisotopic (exact) mass is 391 g/mol. The van der Waals surface area contributed by atoms with Crippen LogP contribution in [-0.2, 0) is 12.6 Å². The highest BCUT2D eigenvalue weighted by atomic mass is 19.4. The molecule has 0 aliphatic carbocycles. The molecule has 2 aromatic rings. The molecule has 0 aromatic heterocycles. The lowest BCUT2D eigenvalue weighted by Crippen LogP contribution is -2.38. The highest BCUT2D eigenvalue weighted by molar-refractivity contribution is 5.94. The fraction of sp³-hybridized carbons (Fsp3) is 0.381. The van der Waals surface area contributed by atoms with Crippen LogP contribution < -0.4 is 9.47 Å². The summed E-state index contributed by atoms with van der Waals surface area (Å²) < 4.78 is 49.7. The summed E-state index contributed by atoms with van der Waals surface area (Å²) in [7, 11) is 0. The van der Waals surface area contributed by atoms with Crippen LogP contribution >= 0.6 is 0 Å². The lowest BCUT2D eigenvalue weighted by Gasteiger charge is -2.36. The zero-order chi connectivity index (χ0) is 19.9. The summed E-state index contributed by atoms with van der Waals surface area (Å²) in [6.45, 7) is 3.60. The Hall–Kier alpha value is -2.70. The number of hydrogen-bond donors (Lipinski definition) is 0. The van der Waals surface area contributed by atoms with Crippen molar-refractivity contribution in [2.45, 2.75) is 32.0 Å². The van der Waals surface area contributed by atoms with Crippen molar-refractivity contribution in [1.82, 2.24) is 4.90 Å². The number of benzene rings is 2. The van der Waals surface area contributed by atoms with E-state index in [0.29, 0.717) is 31.9 Å². The maximum Gasteiger partial charge on any atom is 0.416 e. The van der Waals surface area contributed by atoms with E-state index >= 15 is 0 Å². The predicted molar refractivity (Wildman–Crippen MR) is 96.6 cm³/mol. The summed E-state index contributed by atoms with van der Waals surface area (Å²) in [6, 6.07) is 8.06. The van der Waals surface area contributed by atoms with Crippen LogP contribution in [0.5, 0.6) is 11.5 Å². The average Bonchev–Trinajstić information content (AvgIpc) is 2.91. The van der Waals surface area contributed by atoms with Gasteiger partial charge in [0.25, 0.3) is 5.91 Å². The number of alkyl halides is 3. The van der Waals surface area contributed by atoms with E-state index in [1.54, 1.807) is 4.90 Å². The summed E-state index contributed by atoms with van der Waals surface area (Å²) in [5.41, 5.74) is 1.57. The van der Waals surface area contributed by atoms with E-state index in [2.05, 4.69) is 0 Å². The minimum atomic E-state index is -4.42. The van der Waals surface area contributed by atoms with Gasteiger partial charge in [0.05, 0.1) is 24.8 Å². The number of rotatable bonds is 1. The van der Waals surface area contributed by atoms with Gasteiger partial charge < -0.3 is 14.4 Å². The van der Waals surface area contributed by atoms with E-state index in [9.17, 15) is 18.0 Å². The molecule has 2 aliphatic heterocycles. The lowest BCUT2D eigenvalue weighted by molar-refractivity contribution is -0.137. The molecule has 7 heteroatoms. The van der Waals surface area contributed by atoms with Crippen LogP contribution in [-0.4, -0.2) is 30.6 Å². The van der Waals surface area contributed by atoms with E-state index in [-0.39, 0.29) is 17.5 Å². The Morgan fingerprint density at radius 1 is 1.07 bits per heavy atom. The van der Waals surface area contributed by atoms with E-state index in [4.69, 9.17) is 9.47 Å². The first-order chi connectivity index (χ1) is 13.3. The standard InChI is InChI=1S/C21H20F3NO3/c1-13-17-12-19-18(27-9-2-10-28-19)11-15(17)7-8-25(13)20(26)14-3-5-16(6-4-14)21(22,23)24/h3-6,11-13H,2,7-10H2,1H3/t13-/m0/s1. The van der Waals surface area contributed by atoms with Crippen molar-refractivity contribution in [3.63, 3.8) is 0 Å². The molecule has 28 heavy (non-hydrogen) atoms. The van der Waals surface area contributed by atoms with Crippen molar-refractivity contribution >= 4 is 5.91 Å². The van der Waals surface area contributed by atoms with Crippen LogP contribution in [0.15, 0.2) is 36.4 Å². The minimum Gasteiger partial charge on any atom is -0.490 e. The van der Waals surface area contributed by atoms with Gasteiger partial charge in [-0.3, -0.25) is 4.79 Å². The third kappa shape index (κ3) is 3.41. The summed E-state index contributed by atoms with van der Waals surface area (Å²) in [6.07, 6.45) is -2.95. The molecule has 4 rings (SSSR count). The first-order valence-electron chi connectivity index (χ1n) is 9.25. The Bertz CT molecular complexity index is 893. The van der Waals surface area contributed by atoms with Crippen molar-refractivity contribution in [3.8, 4) is 11.5 Å². The number of amides is 1. The van der Waals surface area contributed by atoms with E-state index in [1.165, 1.54) is 12.1 Å². The second-order valence-electron chi connectivity index (χ2n) is 7.05. The van der Waals surface area contributed by atoms with Gasteiger partial charge in [-0.15, -0.1) is 0 Å². The van der Waals surface area contributed by atoms with Crippen molar-refractivity contribution in [2.24, 2.45) is 0 Å². The molecule has 2 heterocycles. The molecule has 1 amide bonds. The van der Waals surface area contributed by atoms with Gasteiger partial charge in [-0.05, 0) is 60.9 Å². The Labute approximate surface area is 160 Å². The lowest BCUT2D eigenvalue weighted by atomic mass is 9.92. The number of ether oxygens (including phenoxy) is 2. The van der Waals surface area contributed by atoms with Gasteiger partial charge in [0, 0.05) is 18.5 Å². The molecular formula is C21H20F3NO3. The molecule has 0 saturated heterocycles. The molecule has 0 radical (unpaired) electrons. The second-order valence-corrected chi connectivity index (χ2v) is 7.05. The molecule has 0 unspecified atom stereocenters. The van der Waals surface area contributed by atoms with Gasteiger partial charge in [-0.1, -0.05) is 0 Å². The topological polar surface area (TPSA) is 38.8 Å². The van der Waals surface area contributed by atoms with Gasteiger partial charge in [0.2, 0.25) is 0 Å². The van der Waals surface area contributed by atoms with Crippen LogP contribution in [0, 0.1) is 0 Å². The van der Waals surface area contributed by atoms with Crippen molar-refractivity contribution in [3.05, 3.63) is 58.7 Å². The van der Waals surface area contributed by atoms with Gasteiger partial charge in [0.15, 0.2) is 11.5 Å². The Morgan fingerprint density at radius 2 is 1.71 bits per heavy atom. The van der Waals surface area contributed by atoms with Crippen molar-refractivity contribution in [1.29, 1.82) is 0 Å². The van der Waals surface area contributed by atoms with Crippen LogP contribution in [0.4, 0.5) is 13.2 Å². The fourth-order valence-electron chi connectivity index (χ4n) is 3.72. The molecule has 148 valence electrons. The van der Waals surface area contributed by atoms with Gasteiger partial charge in [-0.2, -0.15) is 13.2 Å². The molecule has 4 nitrogen and oxygen atoms in total. The van der Waals surface area contributed by atoms with Gasteiger partial charge in [0.1, 0.15) is 0 Å². The Kier molecular flexibility index (Phi) is 4.69. The normalized spacial score (nSPS) is 19.0. The highest BCUT2D eigenvalue weighted by Crippen LogP contribution is 2.39. The zero-order valence-electron chi connectivity index (χ0n) is 15.4. The van der Waals surface area contributed by atoms with Crippen LogP contribution in [0.25, 0.3) is 0 Å². The largest absolute Gasteiger partial charge is 0.490 e. The third-order valence-corrected chi connectivity index (χ3v) is 5.27. The summed E-state index contributed by atoms with van der Waals surface area (Å²) in [4.78, 5) is 14.6. The fourth-order valence-corrected chi connectivity index (χ4v) is 3.72. The van der Waals surface area contributed by atoms with Crippen LogP contribution in [0.3, 0.4) is 0 Å². The molecule has 2 aliphatic rings. The van der Waals surface area contributed by atoms with Crippen molar-refractivity contribution in [2.75, 3.05) is 19.8 Å².